The number of hydrogen-bond acceptors (Lipinski definition) is 3. The lowest BCUT2D eigenvalue weighted by Gasteiger charge is -2.35. The normalized spacial score (nSPS) is 19.6. The number of nitrogens with zero attached hydrogens (tertiary/aromatic N) is 2. The van der Waals surface area contributed by atoms with Crippen molar-refractivity contribution in [3.8, 4) is 0 Å². The van der Waals surface area contributed by atoms with Gasteiger partial charge < -0.3 is 14.3 Å². The van der Waals surface area contributed by atoms with Crippen LogP contribution in [-0.2, 0) is 5.41 Å². The molecule has 3 rings (SSSR count). The average molecular weight is 287 g/mol. The number of piperidine rings is 1. The van der Waals surface area contributed by atoms with Crippen molar-refractivity contribution in [3.63, 3.8) is 0 Å². The summed E-state index contributed by atoms with van der Waals surface area (Å²) in [7, 11) is 0. The summed E-state index contributed by atoms with van der Waals surface area (Å²) in [5.41, 5.74) is 2.81. The van der Waals surface area contributed by atoms with E-state index in [0.717, 1.165) is 37.5 Å². The molecule has 0 spiro atoms. The Balaban J connectivity index is 1.97. The van der Waals surface area contributed by atoms with Crippen LogP contribution in [-0.4, -0.2) is 22.6 Å². The number of aryl methyl sites for hydroxylation is 2. The molecule has 1 aliphatic heterocycles. The van der Waals surface area contributed by atoms with Crippen molar-refractivity contribution < 1.29 is 4.42 Å². The number of hydrogen-bond donors (Lipinski definition) is 1. The molecule has 0 bridgehead atoms. The summed E-state index contributed by atoms with van der Waals surface area (Å²) in [5.74, 6) is 1.99. The molecule has 0 amide bonds. The van der Waals surface area contributed by atoms with Gasteiger partial charge in [0.1, 0.15) is 11.5 Å². The molecule has 1 aliphatic rings. The van der Waals surface area contributed by atoms with Gasteiger partial charge in [0.15, 0.2) is 0 Å². The van der Waals surface area contributed by atoms with Gasteiger partial charge >= 0.3 is 0 Å². The molecule has 0 saturated carbocycles. The van der Waals surface area contributed by atoms with Crippen LogP contribution in [0.4, 0.5) is 0 Å². The highest BCUT2D eigenvalue weighted by atomic mass is 16.3. The summed E-state index contributed by atoms with van der Waals surface area (Å²) in [6.07, 6.45) is 6.34. The van der Waals surface area contributed by atoms with E-state index in [1.54, 1.807) is 0 Å². The van der Waals surface area contributed by atoms with E-state index in [2.05, 4.69) is 34.8 Å². The summed E-state index contributed by atoms with van der Waals surface area (Å²) in [6.45, 7) is 10.8. The molecule has 1 unspecified atom stereocenters. The maximum atomic E-state index is 5.70. The van der Waals surface area contributed by atoms with Gasteiger partial charge in [-0.05, 0) is 52.8 Å². The third-order valence-electron chi connectivity index (χ3n) is 4.94. The fourth-order valence-corrected chi connectivity index (χ4v) is 3.53. The number of furan rings is 1. The SMILES string of the molecule is Cc1cc(C(C)n2cncc2C2(C)CCNCC2)c(C)o1. The molecule has 1 N–H and O–H groups in total. The van der Waals surface area contributed by atoms with Crippen molar-refractivity contribution in [2.45, 2.75) is 52.0 Å². The Morgan fingerprint density at radius 2 is 2.05 bits per heavy atom. The molecule has 0 aromatic carbocycles. The Morgan fingerprint density at radius 3 is 2.67 bits per heavy atom. The molecule has 1 saturated heterocycles. The van der Waals surface area contributed by atoms with Crippen LogP contribution in [0.5, 0.6) is 0 Å². The Morgan fingerprint density at radius 1 is 1.33 bits per heavy atom. The highest BCUT2D eigenvalue weighted by Crippen LogP contribution is 2.35. The lowest BCUT2D eigenvalue weighted by atomic mass is 9.78. The number of rotatable bonds is 3. The zero-order valence-corrected chi connectivity index (χ0v) is 13.4. The highest BCUT2D eigenvalue weighted by Gasteiger charge is 2.33. The van der Waals surface area contributed by atoms with E-state index in [0.29, 0.717) is 0 Å². The van der Waals surface area contributed by atoms with E-state index >= 15 is 0 Å². The molecular formula is C17H25N3O. The topological polar surface area (TPSA) is 43.0 Å². The van der Waals surface area contributed by atoms with Crippen LogP contribution in [0.3, 0.4) is 0 Å². The largest absolute Gasteiger partial charge is 0.466 e. The average Bonchev–Trinajstić information content (AvgIpc) is 3.06. The quantitative estimate of drug-likeness (QED) is 0.941. The molecule has 1 atom stereocenters. The molecule has 0 aliphatic carbocycles. The zero-order valence-electron chi connectivity index (χ0n) is 13.4. The second-order valence-corrected chi connectivity index (χ2v) is 6.54. The van der Waals surface area contributed by atoms with Crippen LogP contribution in [0.15, 0.2) is 23.0 Å². The van der Waals surface area contributed by atoms with Gasteiger partial charge in [-0.2, -0.15) is 0 Å². The van der Waals surface area contributed by atoms with Gasteiger partial charge in [0, 0.05) is 22.9 Å². The number of nitrogens with one attached hydrogen (secondary N) is 1. The lowest BCUT2D eigenvalue weighted by Crippen LogP contribution is -2.39. The fourth-order valence-electron chi connectivity index (χ4n) is 3.53. The monoisotopic (exact) mass is 287 g/mol. The molecule has 21 heavy (non-hydrogen) atoms. The summed E-state index contributed by atoms with van der Waals surface area (Å²) >= 11 is 0. The molecule has 4 heteroatoms. The molecule has 2 aromatic heterocycles. The summed E-state index contributed by atoms with van der Waals surface area (Å²) in [6, 6.07) is 2.40. The minimum absolute atomic E-state index is 0.211. The van der Waals surface area contributed by atoms with Crippen molar-refractivity contribution in [3.05, 3.63) is 41.4 Å². The summed E-state index contributed by atoms with van der Waals surface area (Å²) < 4.78 is 8.02. The Kier molecular flexibility index (Phi) is 3.66. The van der Waals surface area contributed by atoms with Gasteiger partial charge in [-0.15, -0.1) is 0 Å². The Labute approximate surface area is 126 Å². The third-order valence-corrected chi connectivity index (χ3v) is 4.94. The second-order valence-electron chi connectivity index (χ2n) is 6.54. The minimum Gasteiger partial charge on any atom is -0.466 e. The Hall–Kier alpha value is -1.55. The van der Waals surface area contributed by atoms with Gasteiger partial charge in [0.2, 0.25) is 0 Å². The van der Waals surface area contributed by atoms with Crippen molar-refractivity contribution >= 4 is 0 Å². The first-order valence-corrected chi connectivity index (χ1v) is 7.81. The third kappa shape index (κ3) is 2.53. The van der Waals surface area contributed by atoms with Gasteiger partial charge in [0.25, 0.3) is 0 Å². The van der Waals surface area contributed by atoms with Crippen LogP contribution < -0.4 is 5.32 Å². The first kappa shape index (κ1) is 14.4. The van der Waals surface area contributed by atoms with Gasteiger partial charge in [-0.3, -0.25) is 0 Å². The first-order valence-electron chi connectivity index (χ1n) is 7.81. The fraction of sp³-hybridized carbons (Fsp3) is 0.588. The predicted octanol–water partition coefficient (Wildman–Crippen LogP) is 3.34. The van der Waals surface area contributed by atoms with Crippen molar-refractivity contribution in [1.29, 1.82) is 0 Å². The van der Waals surface area contributed by atoms with Crippen molar-refractivity contribution in [1.82, 2.24) is 14.9 Å². The molecular weight excluding hydrogens is 262 g/mol. The van der Waals surface area contributed by atoms with E-state index in [4.69, 9.17) is 4.42 Å². The van der Waals surface area contributed by atoms with E-state index in [1.165, 1.54) is 11.3 Å². The molecule has 0 radical (unpaired) electrons. The van der Waals surface area contributed by atoms with E-state index in [-0.39, 0.29) is 11.5 Å². The number of aromatic nitrogens is 2. The standard InChI is InChI=1S/C17H25N3O/c1-12-9-15(14(3)21-12)13(2)20-11-19-10-16(20)17(4)5-7-18-8-6-17/h9-11,13,18H,5-8H2,1-4H3. The summed E-state index contributed by atoms with van der Waals surface area (Å²) in [5, 5.41) is 3.45. The van der Waals surface area contributed by atoms with E-state index in [1.807, 2.05) is 26.4 Å². The first-order chi connectivity index (χ1) is 10.0. The Bertz CT molecular complexity index is 620. The lowest BCUT2D eigenvalue weighted by molar-refractivity contribution is 0.313. The zero-order chi connectivity index (χ0) is 15.0. The van der Waals surface area contributed by atoms with Gasteiger partial charge in [0.05, 0.1) is 12.4 Å². The number of imidazole rings is 1. The maximum absolute atomic E-state index is 5.70. The van der Waals surface area contributed by atoms with Crippen LogP contribution in [0, 0.1) is 13.8 Å². The van der Waals surface area contributed by atoms with Crippen LogP contribution in [0.1, 0.15) is 55.5 Å². The molecule has 114 valence electrons. The van der Waals surface area contributed by atoms with E-state index in [9.17, 15) is 0 Å². The second kappa shape index (κ2) is 5.34. The van der Waals surface area contributed by atoms with Gasteiger partial charge in [-0.25, -0.2) is 4.98 Å². The minimum atomic E-state index is 0.211. The van der Waals surface area contributed by atoms with Crippen LogP contribution >= 0.6 is 0 Å². The van der Waals surface area contributed by atoms with E-state index < -0.39 is 0 Å². The summed E-state index contributed by atoms with van der Waals surface area (Å²) in [4.78, 5) is 4.44. The highest BCUT2D eigenvalue weighted by molar-refractivity contribution is 5.27. The van der Waals surface area contributed by atoms with Crippen molar-refractivity contribution in [2.75, 3.05) is 13.1 Å². The molecule has 3 heterocycles. The van der Waals surface area contributed by atoms with Gasteiger partial charge in [-0.1, -0.05) is 6.92 Å². The molecule has 2 aromatic rings. The predicted molar refractivity (Wildman–Crippen MR) is 83.7 cm³/mol. The van der Waals surface area contributed by atoms with Crippen LogP contribution in [0.25, 0.3) is 0 Å². The smallest absolute Gasteiger partial charge is 0.106 e. The maximum Gasteiger partial charge on any atom is 0.106 e. The molecule has 4 nitrogen and oxygen atoms in total. The van der Waals surface area contributed by atoms with Crippen molar-refractivity contribution in [2.24, 2.45) is 0 Å². The van der Waals surface area contributed by atoms with Crippen LogP contribution in [0.2, 0.25) is 0 Å². The molecule has 1 fully saturated rings.